The van der Waals surface area contributed by atoms with Crippen molar-refractivity contribution in [3.05, 3.63) is 29.5 Å². The second-order valence-electron chi connectivity index (χ2n) is 11.0. The SMILES string of the molecule is CCCC1=CC[C@H](O)[C@@H]1CCC=C=CC(O[Si](C)(C)C(C)(C)C)(C(=O)O)C1CCCC1. The Kier molecular flexibility index (Phi) is 8.98. The van der Waals surface area contributed by atoms with Crippen LogP contribution in [0.2, 0.25) is 18.1 Å². The zero-order valence-corrected chi connectivity index (χ0v) is 21.5. The van der Waals surface area contributed by atoms with Crippen LogP contribution in [0.5, 0.6) is 0 Å². The maximum absolute atomic E-state index is 12.6. The number of aliphatic hydroxyl groups is 1. The summed E-state index contributed by atoms with van der Waals surface area (Å²) in [4.78, 5) is 12.6. The molecule has 0 aromatic carbocycles. The highest BCUT2D eigenvalue weighted by Gasteiger charge is 2.52. The summed E-state index contributed by atoms with van der Waals surface area (Å²) in [5.41, 5.74) is 3.29. The van der Waals surface area contributed by atoms with Crippen LogP contribution in [-0.4, -0.2) is 36.2 Å². The summed E-state index contributed by atoms with van der Waals surface area (Å²) in [6.07, 6.45) is 14.0. The molecule has 1 unspecified atom stereocenters. The van der Waals surface area contributed by atoms with Gasteiger partial charge >= 0.3 is 5.97 Å². The van der Waals surface area contributed by atoms with Gasteiger partial charge in [-0.3, -0.25) is 0 Å². The van der Waals surface area contributed by atoms with Crippen LogP contribution in [-0.2, 0) is 9.22 Å². The average Bonchev–Trinajstić information content (AvgIpc) is 3.31. The topological polar surface area (TPSA) is 66.8 Å². The zero-order valence-electron chi connectivity index (χ0n) is 20.5. The first-order valence-electron chi connectivity index (χ1n) is 12.2. The minimum atomic E-state index is -2.29. The Morgan fingerprint density at radius 1 is 1.29 bits per heavy atom. The molecular formula is C26H44O4Si. The lowest BCUT2D eigenvalue weighted by Gasteiger charge is -2.44. The molecule has 176 valence electrons. The molecule has 3 atom stereocenters. The number of hydrogen-bond donors (Lipinski definition) is 2. The van der Waals surface area contributed by atoms with Crippen molar-refractivity contribution in [3.63, 3.8) is 0 Å². The Balaban J connectivity index is 2.21. The minimum absolute atomic E-state index is 0.00392. The molecule has 31 heavy (non-hydrogen) atoms. The summed E-state index contributed by atoms with van der Waals surface area (Å²) in [5.74, 6) is -0.666. The summed E-state index contributed by atoms with van der Waals surface area (Å²) in [5, 5.41) is 20.6. The smallest absolute Gasteiger partial charge is 0.339 e. The Labute approximate surface area is 190 Å². The van der Waals surface area contributed by atoms with E-state index in [2.05, 4.69) is 52.6 Å². The van der Waals surface area contributed by atoms with E-state index in [-0.39, 0.29) is 23.0 Å². The largest absolute Gasteiger partial charge is 0.479 e. The number of rotatable bonds is 10. The Morgan fingerprint density at radius 2 is 1.94 bits per heavy atom. The van der Waals surface area contributed by atoms with E-state index in [0.29, 0.717) is 0 Å². The van der Waals surface area contributed by atoms with Crippen molar-refractivity contribution in [2.24, 2.45) is 11.8 Å². The molecule has 0 radical (unpaired) electrons. The quantitative estimate of drug-likeness (QED) is 0.224. The Bertz CT molecular complexity index is 705. The molecule has 2 aliphatic rings. The van der Waals surface area contributed by atoms with E-state index >= 15 is 0 Å². The molecule has 2 aliphatic carbocycles. The summed E-state index contributed by atoms with van der Waals surface area (Å²) in [6, 6.07) is 0. The molecular weight excluding hydrogens is 404 g/mol. The van der Waals surface area contributed by atoms with E-state index in [1.807, 2.05) is 6.08 Å². The molecule has 1 saturated carbocycles. The standard InChI is InChI=1S/C26H44O4Si/c1-7-13-20-17-18-23(27)22(20)16-9-8-12-19-26(24(28)29,21-14-10-11-15-21)30-31(5,6)25(2,3)4/h8,17,19,21-23,27H,7,9-11,13-16,18H2,1-6H3,(H,28,29)/t12?,22-,23+,26?/m1/s1. The molecule has 0 bridgehead atoms. The predicted molar refractivity (Wildman–Crippen MR) is 130 cm³/mol. The molecule has 0 heterocycles. The number of hydrogen-bond acceptors (Lipinski definition) is 3. The summed E-state index contributed by atoms with van der Waals surface area (Å²) >= 11 is 0. The van der Waals surface area contributed by atoms with Crippen LogP contribution < -0.4 is 0 Å². The fourth-order valence-electron chi connectivity index (χ4n) is 4.76. The molecule has 1 fully saturated rings. The fraction of sp³-hybridized carbons (Fsp3) is 0.769. The van der Waals surface area contributed by atoms with Gasteiger partial charge in [-0.25, -0.2) is 4.79 Å². The average molecular weight is 449 g/mol. The van der Waals surface area contributed by atoms with Crippen LogP contribution in [0.3, 0.4) is 0 Å². The van der Waals surface area contributed by atoms with E-state index in [1.54, 1.807) is 6.08 Å². The van der Waals surface area contributed by atoms with Crippen LogP contribution in [0, 0.1) is 11.8 Å². The molecule has 2 N–H and O–H groups in total. The van der Waals surface area contributed by atoms with Crippen LogP contribution in [0.4, 0.5) is 0 Å². The maximum atomic E-state index is 12.6. The summed E-state index contributed by atoms with van der Waals surface area (Å²) in [6.45, 7) is 12.9. The zero-order chi connectivity index (χ0) is 23.3. The monoisotopic (exact) mass is 448 g/mol. The van der Waals surface area contributed by atoms with Crippen molar-refractivity contribution in [1.29, 1.82) is 0 Å². The van der Waals surface area contributed by atoms with Crippen LogP contribution in [0.25, 0.3) is 0 Å². The number of aliphatic hydroxyl groups excluding tert-OH is 1. The predicted octanol–water partition coefficient (Wildman–Crippen LogP) is 6.62. The van der Waals surface area contributed by atoms with Gasteiger partial charge in [0.15, 0.2) is 13.9 Å². The normalized spacial score (nSPS) is 24.4. The molecule has 5 heteroatoms. The van der Waals surface area contributed by atoms with Crippen molar-refractivity contribution >= 4 is 14.3 Å². The van der Waals surface area contributed by atoms with E-state index in [1.165, 1.54) is 5.57 Å². The van der Waals surface area contributed by atoms with Crippen molar-refractivity contribution < 1.29 is 19.4 Å². The highest BCUT2D eigenvalue weighted by Crippen LogP contribution is 2.45. The lowest BCUT2D eigenvalue weighted by Crippen LogP contribution is -2.55. The van der Waals surface area contributed by atoms with Gasteiger partial charge in [0, 0.05) is 11.8 Å². The van der Waals surface area contributed by atoms with E-state index in [9.17, 15) is 15.0 Å². The van der Waals surface area contributed by atoms with E-state index in [0.717, 1.165) is 57.8 Å². The molecule has 0 spiro atoms. The third-order valence-electron chi connectivity index (χ3n) is 7.66. The lowest BCUT2D eigenvalue weighted by atomic mass is 9.86. The Hall–Kier alpha value is -1.13. The number of carboxylic acid groups (broad SMARTS) is 1. The van der Waals surface area contributed by atoms with Crippen molar-refractivity contribution in [1.82, 2.24) is 0 Å². The summed E-state index contributed by atoms with van der Waals surface area (Å²) < 4.78 is 6.63. The molecule has 0 aromatic heterocycles. The second kappa shape index (κ2) is 10.7. The summed E-state index contributed by atoms with van der Waals surface area (Å²) in [7, 11) is -2.29. The number of carboxylic acids is 1. The third kappa shape index (κ3) is 6.22. The molecule has 0 aliphatic heterocycles. The van der Waals surface area contributed by atoms with Crippen molar-refractivity contribution in [3.8, 4) is 0 Å². The highest BCUT2D eigenvalue weighted by atomic mass is 28.4. The van der Waals surface area contributed by atoms with Crippen LogP contribution in [0.1, 0.15) is 85.5 Å². The molecule has 2 rings (SSSR count). The van der Waals surface area contributed by atoms with Gasteiger partial charge in [-0.1, -0.05) is 58.6 Å². The first kappa shape index (κ1) is 26.1. The first-order chi connectivity index (χ1) is 14.4. The van der Waals surface area contributed by atoms with Crippen molar-refractivity contribution in [2.45, 2.75) is 115 Å². The number of carbonyl (C=O) groups is 1. The molecule has 4 nitrogen and oxygen atoms in total. The van der Waals surface area contributed by atoms with Crippen LogP contribution in [0.15, 0.2) is 29.5 Å². The fourth-order valence-corrected chi connectivity index (χ4v) is 6.22. The van der Waals surface area contributed by atoms with Gasteiger partial charge in [-0.05, 0) is 68.8 Å². The minimum Gasteiger partial charge on any atom is -0.479 e. The van der Waals surface area contributed by atoms with Gasteiger partial charge in [0.1, 0.15) is 0 Å². The van der Waals surface area contributed by atoms with Crippen LogP contribution >= 0.6 is 0 Å². The maximum Gasteiger partial charge on any atom is 0.339 e. The van der Waals surface area contributed by atoms with E-state index < -0.39 is 19.9 Å². The first-order valence-corrected chi connectivity index (χ1v) is 15.1. The Morgan fingerprint density at radius 3 is 2.48 bits per heavy atom. The highest BCUT2D eigenvalue weighted by molar-refractivity contribution is 6.74. The van der Waals surface area contributed by atoms with Gasteiger partial charge in [0.25, 0.3) is 0 Å². The molecule has 0 amide bonds. The number of aliphatic carboxylic acids is 1. The lowest BCUT2D eigenvalue weighted by molar-refractivity contribution is -0.156. The van der Waals surface area contributed by atoms with Gasteiger partial charge in [0.2, 0.25) is 0 Å². The van der Waals surface area contributed by atoms with Gasteiger partial charge < -0.3 is 14.6 Å². The third-order valence-corrected chi connectivity index (χ3v) is 12.1. The van der Waals surface area contributed by atoms with E-state index in [4.69, 9.17) is 4.43 Å². The van der Waals surface area contributed by atoms with Crippen molar-refractivity contribution in [2.75, 3.05) is 0 Å². The second-order valence-corrected chi connectivity index (χ2v) is 15.7. The molecule has 0 aromatic rings. The molecule has 0 saturated heterocycles. The van der Waals surface area contributed by atoms with Gasteiger partial charge in [0.05, 0.1) is 6.10 Å². The van der Waals surface area contributed by atoms with Gasteiger partial charge in [-0.15, -0.1) is 5.73 Å². The van der Waals surface area contributed by atoms with Gasteiger partial charge in [-0.2, -0.15) is 0 Å².